The molecule has 0 radical (unpaired) electrons. The Morgan fingerprint density at radius 2 is 2.00 bits per heavy atom. The van der Waals surface area contributed by atoms with E-state index in [2.05, 4.69) is 0 Å². The van der Waals surface area contributed by atoms with Gasteiger partial charge in [-0.25, -0.2) is 4.79 Å². The highest BCUT2D eigenvalue weighted by atomic mass is 19.4. The lowest BCUT2D eigenvalue weighted by atomic mass is 9.96. The monoisotopic (exact) mass is 255 g/mol. The number of carbonyl (C=O) groups excluding carboxylic acids is 1. The number of carboxylic acid groups (broad SMARTS) is 1. The maximum absolute atomic E-state index is 12.3. The third kappa shape index (κ3) is 3.58. The molecule has 0 spiro atoms. The molecule has 0 bridgehead atoms. The molecule has 1 unspecified atom stereocenters. The number of halogens is 3. The van der Waals surface area contributed by atoms with Crippen LogP contribution >= 0.6 is 0 Å². The van der Waals surface area contributed by atoms with Crippen molar-refractivity contribution in [2.45, 2.75) is 19.1 Å². The van der Waals surface area contributed by atoms with Crippen LogP contribution in [0.3, 0.4) is 0 Å². The number of amides is 1. The van der Waals surface area contributed by atoms with Gasteiger partial charge in [-0.1, -0.05) is 0 Å². The first-order chi connectivity index (χ1) is 7.72. The number of nitrogens with zero attached hydrogens (tertiary/aromatic N) is 1. The van der Waals surface area contributed by atoms with Crippen molar-refractivity contribution in [2.24, 2.45) is 5.92 Å². The number of ether oxygens (including phenoxy) is 1. The molecule has 0 aromatic heterocycles. The molecular weight excluding hydrogens is 243 g/mol. The first kappa shape index (κ1) is 13.8. The minimum Gasteiger partial charge on any atom is -0.480 e. The average Bonchev–Trinajstić information content (AvgIpc) is 2.04. The van der Waals surface area contributed by atoms with Crippen molar-refractivity contribution in [2.75, 3.05) is 19.8 Å². The zero-order chi connectivity index (χ0) is 13.2. The molecule has 1 N–H and O–H groups in total. The van der Waals surface area contributed by atoms with E-state index in [1.807, 2.05) is 0 Å². The minimum absolute atomic E-state index is 0.0542. The fourth-order valence-electron chi connectivity index (χ4n) is 1.62. The van der Waals surface area contributed by atoms with Gasteiger partial charge in [-0.3, -0.25) is 4.79 Å². The van der Waals surface area contributed by atoms with Gasteiger partial charge in [-0.15, -0.1) is 0 Å². The van der Waals surface area contributed by atoms with Crippen molar-refractivity contribution in [3.8, 4) is 0 Å². The topological polar surface area (TPSA) is 66.8 Å². The molecule has 0 aromatic rings. The molecular formula is C9H12F3NO4. The molecule has 1 aliphatic heterocycles. The molecule has 1 heterocycles. The zero-order valence-corrected chi connectivity index (χ0v) is 9.03. The zero-order valence-electron chi connectivity index (χ0n) is 9.03. The highest BCUT2D eigenvalue weighted by molar-refractivity contribution is 5.82. The molecule has 1 amide bonds. The second-order valence-electron chi connectivity index (χ2n) is 3.84. The van der Waals surface area contributed by atoms with Gasteiger partial charge in [0.2, 0.25) is 5.91 Å². The Morgan fingerprint density at radius 1 is 1.47 bits per heavy atom. The average molecular weight is 255 g/mol. The predicted octanol–water partition coefficient (Wildman–Crippen LogP) is 0.497. The van der Waals surface area contributed by atoms with E-state index in [1.54, 1.807) is 0 Å². The summed E-state index contributed by atoms with van der Waals surface area (Å²) < 4.78 is 41.5. The molecule has 0 saturated carbocycles. The van der Waals surface area contributed by atoms with Crippen molar-refractivity contribution >= 4 is 11.9 Å². The van der Waals surface area contributed by atoms with E-state index < -0.39 is 36.6 Å². The molecule has 1 fully saturated rings. The minimum atomic E-state index is -4.62. The molecule has 98 valence electrons. The number of alkyl halides is 3. The Kier molecular flexibility index (Phi) is 3.97. The summed E-state index contributed by atoms with van der Waals surface area (Å²) in [6.45, 7) is -0.534. The Balaban J connectivity index is 2.85. The third-order valence-corrected chi connectivity index (χ3v) is 2.45. The van der Waals surface area contributed by atoms with Crippen LogP contribution in [-0.4, -0.2) is 53.9 Å². The summed E-state index contributed by atoms with van der Waals surface area (Å²) in [5, 5.41) is 8.91. The molecule has 5 nitrogen and oxygen atoms in total. The Morgan fingerprint density at radius 3 is 2.24 bits per heavy atom. The molecule has 1 saturated heterocycles. The summed E-state index contributed by atoms with van der Waals surface area (Å²) in [5.41, 5.74) is 0. The number of rotatable bonds is 4. The quantitative estimate of drug-likeness (QED) is 0.794. The van der Waals surface area contributed by atoms with Crippen LogP contribution < -0.4 is 0 Å². The molecule has 8 heteroatoms. The number of carbonyl (C=O) groups is 2. The van der Waals surface area contributed by atoms with E-state index in [0.29, 0.717) is 4.90 Å². The fraction of sp³-hybridized carbons (Fsp3) is 0.778. The van der Waals surface area contributed by atoms with Crippen LogP contribution in [0.25, 0.3) is 0 Å². The van der Waals surface area contributed by atoms with Crippen LogP contribution in [-0.2, 0) is 14.3 Å². The molecule has 0 aliphatic carbocycles. The maximum atomic E-state index is 12.3. The van der Waals surface area contributed by atoms with Crippen molar-refractivity contribution < 1.29 is 32.6 Å². The first-order valence-corrected chi connectivity index (χ1v) is 4.87. The first-order valence-electron chi connectivity index (χ1n) is 4.87. The number of hydrogen-bond acceptors (Lipinski definition) is 3. The maximum Gasteiger partial charge on any atom is 0.406 e. The van der Waals surface area contributed by atoms with Gasteiger partial charge in [-0.05, 0) is 0 Å². The number of hydrogen-bond donors (Lipinski definition) is 1. The van der Waals surface area contributed by atoms with Crippen LogP contribution in [0.1, 0.15) is 6.92 Å². The van der Waals surface area contributed by atoms with Gasteiger partial charge in [0.15, 0.2) is 0 Å². The smallest absolute Gasteiger partial charge is 0.406 e. The van der Waals surface area contributed by atoms with E-state index in [0.717, 1.165) is 6.92 Å². The third-order valence-electron chi connectivity index (χ3n) is 2.45. The van der Waals surface area contributed by atoms with Crippen LogP contribution in [0, 0.1) is 5.92 Å². The summed E-state index contributed by atoms with van der Waals surface area (Å²) in [4.78, 5) is 22.4. The highest BCUT2D eigenvalue weighted by Crippen LogP contribution is 2.24. The lowest BCUT2D eigenvalue weighted by Gasteiger charge is -2.38. The number of aliphatic carboxylic acids is 1. The highest BCUT2D eigenvalue weighted by Gasteiger charge is 2.43. The Bertz CT molecular complexity index is 314. The molecule has 1 atom stereocenters. The molecule has 17 heavy (non-hydrogen) atoms. The van der Waals surface area contributed by atoms with Crippen molar-refractivity contribution in [3.05, 3.63) is 0 Å². The molecule has 0 aromatic carbocycles. The van der Waals surface area contributed by atoms with Crippen LogP contribution in [0.15, 0.2) is 0 Å². The summed E-state index contributed by atoms with van der Waals surface area (Å²) in [7, 11) is 0. The summed E-state index contributed by atoms with van der Waals surface area (Å²) in [6.07, 6.45) is -4.62. The Labute approximate surface area is 95.1 Å². The lowest BCUT2D eigenvalue weighted by molar-refractivity contribution is -0.182. The summed E-state index contributed by atoms with van der Waals surface area (Å²) >= 11 is 0. The van der Waals surface area contributed by atoms with Gasteiger partial charge >= 0.3 is 12.1 Å². The van der Waals surface area contributed by atoms with Gasteiger partial charge in [0.1, 0.15) is 12.6 Å². The molecule has 1 aliphatic rings. The van der Waals surface area contributed by atoms with E-state index in [-0.39, 0.29) is 13.2 Å². The number of carboxylic acids is 1. The van der Waals surface area contributed by atoms with E-state index in [9.17, 15) is 22.8 Å². The van der Waals surface area contributed by atoms with Gasteiger partial charge in [0.25, 0.3) is 0 Å². The van der Waals surface area contributed by atoms with Crippen molar-refractivity contribution in [3.63, 3.8) is 0 Å². The Hall–Kier alpha value is -1.31. The lowest BCUT2D eigenvalue weighted by Crippen LogP contribution is -2.56. The van der Waals surface area contributed by atoms with E-state index in [1.165, 1.54) is 0 Å². The van der Waals surface area contributed by atoms with Crippen LogP contribution in [0.5, 0.6) is 0 Å². The summed E-state index contributed by atoms with van der Waals surface area (Å²) in [6, 6.07) is -1.48. The molecule has 1 rings (SSSR count). The second kappa shape index (κ2) is 4.91. The van der Waals surface area contributed by atoms with Crippen molar-refractivity contribution in [1.82, 2.24) is 4.90 Å². The SMILES string of the molecule is CC(=O)N(CC(F)(F)F)C(C(=O)O)C1COC1. The standard InChI is InChI=1S/C9H12F3NO4/c1-5(14)13(4-9(10,11)12)7(8(15)16)6-2-17-3-6/h6-7H,2-4H2,1H3,(H,15,16). The van der Waals surface area contributed by atoms with E-state index >= 15 is 0 Å². The van der Waals surface area contributed by atoms with Crippen molar-refractivity contribution in [1.29, 1.82) is 0 Å². The van der Waals surface area contributed by atoms with Gasteiger partial charge in [0, 0.05) is 12.8 Å². The predicted molar refractivity (Wildman–Crippen MR) is 49.2 cm³/mol. The summed E-state index contributed by atoms with van der Waals surface area (Å²) in [5.74, 6) is -2.95. The largest absolute Gasteiger partial charge is 0.480 e. The van der Waals surface area contributed by atoms with Crippen LogP contribution in [0.2, 0.25) is 0 Å². The van der Waals surface area contributed by atoms with Crippen LogP contribution in [0.4, 0.5) is 13.2 Å². The normalized spacial score (nSPS) is 18.4. The second-order valence-corrected chi connectivity index (χ2v) is 3.84. The fourth-order valence-corrected chi connectivity index (χ4v) is 1.62. The van der Waals surface area contributed by atoms with Gasteiger partial charge in [-0.2, -0.15) is 13.2 Å². The van der Waals surface area contributed by atoms with Gasteiger partial charge < -0.3 is 14.7 Å². The van der Waals surface area contributed by atoms with E-state index in [4.69, 9.17) is 9.84 Å². The van der Waals surface area contributed by atoms with Gasteiger partial charge in [0.05, 0.1) is 13.2 Å².